The van der Waals surface area contributed by atoms with Crippen molar-refractivity contribution >= 4 is 33.7 Å². The predicted molar refractivity (Wildman–Crippen MR) is 207 cm³/mol. The second-order valence-electron chi connectivity index (χ2n) is 16.6. The number of anilines is 1. The Kier molecular flexibility index (Phi) is 10.6. The minimum absolute atomic E-state index is 0.198. The standard InChI is InChI=1S/C42H52F3N7O2/c1-6-33-24-34-30(2)32(10-12-37(34)52(33)16-8-7-15-48-19-21-50(22-20-48)39(53)54-40(3,4)5)26-49-17-13-41(14-18-49)27-51(28-41)38-35-23-31(25-42(43,44)45)9-11-36(35)46-29-47-38/h1,9-12,23-24,29H,7-8,13-22,25-28H2,2-5H3. The van der Waals surface area contributed by atoms with E-state index in [0.29, 0.717) is 24.0 Å². The topological polar surface area (TPSA) is 70.0 Å². The van der Waals surface area contributed by atoms with Crippen LogP contribution < -0.4 is 4.90 Å². The number of fused-ring (bicyclic) bond motifs is 2. The number of likely N-dealkylation sites (tertiary alicyclic amines) is 1. The van der Waals surface area contributed by atoms with Crippen LogP contribution >= 0.6 is 0 Å². The van der Waals surface area contributed by atoms with Crippen molar-refractivity contribution in [3.05, 3.63) is 65.1 Å². The lowest BCUT2D eigenvalue weighted by Gasteiger charge is -2.54. The average molecular weight is 744 g/mol. The summed E-state index contributed by atoms with van der Waals surface area (Å²) in [7, 11) is 0. The van der Waals surface area contributed by atoms with Crippen LogP contribution in [0.5, 0.6) is 0 Å². The van der Waals surface area contributed by atoms with Crippen molar-refractivity contribution in [1.29, 1.82) is 0 Å². The number of hydrogen-bond donors (Lipinski definition) is 0. The Hall–Kier alpha value is -4.34. The molecule has 3 aliphatic heterocycles. The van der Waals surface area contributed by atoms with Crippen LogP contribution in [-0.4, -0.2) is 106 Å². The van der Waals surface area contributed by atoms with E-state index in [-0.39, 0.29) is 17.1 Å². The fourth-order valence-electron chi connectivity index (χ4n) is 8.48. The van der Waals surface area contributed by atoms with Crippen molar-refractivity contribution < 1.29 is 22.7 Å². The van der Waals surface area contributed by atoms with E-state index in [1.165, 1.54) is 34.4 Å². The molecule has 0 radical (unpaired) electrons. The van der Waals surface area contributed by atoms with Gasteiger partial charge in [0.1, 0.15) is 17.7 Å². The average Bonchev–Trinajstić information content (AvgIpc) is 3.47. The van der Waals surface area contributed by atoms with Crippen molar-refractivity contribution in [2.24, 2.45) is 5.41 Å². The van der Waals surface area contributed by atoms with Gasteiger partial charge in [0.2, 0.25) is 0 Å². The van der Waals surface area contributed by atoms with Crippen LogP contribution in [0, 0.1) is 24.7 Å². The van der Waals surface area contributed by atoms with E-state index in [9.17, 15) is 18.0 Å². The highest BCUT2D eigenvalue weighted by atomic mass is 19.4. The molecular formula is C42H52F3N7O2. The first-order valence-electron chi connectivity index (χ1n) is 19.3. The Balaban J connectivity index is 0.905. The summed E-state index contributed by atoms with van der Waals surface area (Å²) >= 11 is 0. The van der Waals surface area contributed by atoms with Crippen molar-refractivity contribution in [3.63, 3.8) is 0 Å². The number of halogens is 3. The van der Waals surface area contributed by atoms with E-state index in [2.05, 4.69) is 60.3 Å². The van der Waals surface area contributed by atoms with Crippen LogP contribution in [-0.2, 0) is 24.2 Å². The summed E-state index contributed by atoms with van der Waals surface area (Å²) < 4.78 is 47.1. The highest BCUT2D eigenvalue weighted by Crippen LogP contribution is 2.44. The van der Waals surface area contributed by atoms with Gasteiger partial charge in [-0.1, -0.05) is 18.1 Å². The van der Waals surface area contributed by atoms with Crippen LogP contribution in [0.2, 0.25) is 0 Å². The molecule has 4 aromatic rings. The zero-order valence-electron chi connectivity index (χ0n) is 32.0. The summed E-state index contributed by atoms with van der Waals surface area (Å²) in [6.45, 7) is 17.5. The molecule has 3 fully saturated rings. The predicted octanol–water partition coefficient (Wildman–Crippen LogP) is 7.41. The third kappa shape index (κ3) is 8.47. The molecule has 0 aliphatic carbocycles. The number of unbranched alkanes of at least 4 members (excludes halogenated alkanes) is 1. The van der Waals surface area contributed by atoms with E-state index < -0.39 is 18.2 Å². The Morgan fingerprint density at radius 2 is 1.63 bits per heavy atom. The van der Waals surface area contributed by atoms with Gasteiger partial charge >= 0.3 is 12.3 Å². The van der Waals surface area contributed by atoms with Crippen molar-refractivity contribution in [3.8, 4) is 12.3 Å². The fraction of sp³-hybridized carbons (Fsp3) is 0.548. The number of carbonyl (C=O) groups excluding carboxylic acids is 1. The first-order chi connectivity index (χ1) is 25.7. The number of ether oxygens (including phenoxy) is 1. The van der Waals surface area contributed by atoms with Gasteiger partial charge in [-0.2, -0.15) is 13.2 Å². The number of nitrogens with zero attached hydrogens (tertiary/aromatic N) is 7. The van der Waals surface area contributed by atoms with Gasteiger partial charge in [-0.25, -0.2) is 14.8 Å². The number of piperazine rings is 1. The van der Waals surface area contributed by atoms with E-state index in [1.807, 2.05) is 25.7 Å². The number of benzene rings is 2. The molecule has 0 atom stereocenters. The molecule has 12 heteroatoms. The molecule has 5 heterocycles. The molecule has 3 saturated heterocycles. The van der Waals surface area contributed by atoms with Gasteiger partial charge in [0.05, 0.1) is 17.6 Å². The quantitative estimate of drug-likeness (QED) is 0.131. The molecule has 7 rings (SSSR count). The van der Waals surface area contributed by atoms with Crippen LogP contribution in [0.3, 0.4) is 0 Å². The van der Waals surface area contributed by atoms with Gasteiger partial charge in [-0.3, -0.25) is 9.80 Å². The lowest BCUT2D eigenvalue weighted by molar-refractivity contribution is -0.127. The lowest BCUT2D eigenvalue weighted by atomic mass is 9.72. The smallest absolute Gasteiger partial charge is 0.410 e. The van der Waals surface area contributed by atoms with Gasteiger partial charge in [0.25, 0.3) is 0 Å². The molecule has 9 nitrogen and oxygen atoms in total. The molecule has 0 saturated carbocycles. The Morgan fingerprint density at radius 3 is 2.31 bits per heavy atom. The molecular weight excluding hydrogens is 692 g/mol. The Morgan fingerprint density at radius 1 is 0.907 bits per heavy atom. The SMILES string of the molecule is C#Cc1cc2c(C)c(CN3CCC4(CC3)CN(c3ncnc5ccc(CC(F)(F)F)cc35)C4)ccc2n1CCCCN1CCN(C(=O)OC(C)(C)C)CC1. The summed E-state index contributed by atoms with van der Waals surface area (Å²) in [4.78, 5) is 30.2. The number of aromatic nitrogens is 3. The maximum absolute atomic E-state index is 13.1. The molecule has 1 spiro atoms. The maximum Gasteiger partial charge on any atom is 0.410 e. The second kappa shape index (κ2) is 15.1. The fourth-order valence-corrected chi connectivity index (χ4v) is 8.48. The first-order valence-corrected chi connectivity index (χ1v) is 19.3. The van der Waals surface area contributed by atoms with Crippen molar-refractivity contribution in [2.75, 3.05) is 63.8 Å². The number of carbonyl (C=O) groups is 1. The summed E-state index contributed by atoms with van der Waals surface area (Å²) in [6, 6.07) is 11.4. The summed E-state index contributed by atoms with van der Waals surface area (Å²) in [6.07, 6.45) is 6.30. The first kappa shape index (κ1) is 38.0. The monoisotopic (exact) mass is 743 g/mol. The van der Waals surface area contributed by atoms with Crippen molar-refractivity contribution in [2.45, 2.75) is 84.7 Å². The molecule has 2 aromatic heterocycles. The van der Waals surface area contributed by atoms with Gasteiger partial charge in [-0.15, -0.1) is 6.42 Å². The van der Waals surface area contributed by atoms with Crippen LogP contribution in [0.1, 0.15) is 68.8 Å². The second-order valence-corrected chi connectivity index (χ2v) is 16.6. The Labute approximate surface area is 316 Å². The number of terminal acetylenes is 1. The summed E-state index contributed by atoms with van der Waals surface area (Å²) in [5.41, 5.74) is 5.32. The zero-order valence-corrected chi connectivity index (χ0v) is 32.0. The van der Waals surface area contributed by atoms with Crippen LogP contribution in [0.4, 0.5) is 23.8 Å². The molecule has 0 bridgehead atoms. The van der Waals surface area contributed by atoms with E-state index in [1.54, 1.807) is 12.1 Å². The number of amides is 1. The van der Waals surface area contributed by atoms with Crippen molar-refractivity contribution in [1.82, 2.24) is 29.2 Å². The molecule has 288 valence electrons. The molecule has 0 unspecified atom stereocenters. The number of rotatable bonds is 9. The number of aryl methyl sites for hydroxylation is 2. The molecule has 54 heavy (non-hydrogen) atoms. The van der Waals surface area contributed by atoms with Gasteiger partial charge in [-0.05, 0) is 114 Å². The van der Waals surface area contributed by atoms with Gasteiger partial charge < -0.3 is 19.1 Å². The third-order valence-electron chi connectivity index (χ3n) is 11.5. The molecule has 2 aromatic carbocycles. The Bertz CT molecular complexity index is 2020. The van der Waals surface area contributed by atoms with E-state index >= 15 is 0 Å². The summed E-state index contributed by atoms with van der Waals surface area (Å²) in [5.74, 6) is 3.66. The number of hydrogen-bond acceptors (Lipinski definition) is 7. The van der Waals surface area contributed by atoms with Crippen LogP contribution in [0.15, 0.2) is 42.7 Å². The highest BCUT2D eigenvalue weighted by molar-refractivity contribution is 5.90. The zero-order chi connectivity index (χ0) is 38.3. The van der Waals surface area contributed by atoms with Gasteiger partial charge in [0, 0.05) is 74.1 Å². The van der Waals surface area contributed by atoms with E-state index in [0.717, 1.165) is 96.1 Å². The van der Waals surface area contributed by atoms with Gasteiger partial charge in [0.15, 0.2) is 0 Å². The maximum atomic E-state index is 13.1. The normalized spacial score (nSPS) is 18.3. The number of piperidine rings is 1. The number of alkyl halides is 3. The highest BCUT2D eigenvalue weighted by Gasteiger charge is 2.45. The van der Waals surface area contributed by atoms with Crippen LogP contribution in [0.25, 0.3) is 21.8 Å². The lowest BCUT2D eigenvalue weighted by Crippen LogP contribution is -2.60. The minimum Gasteiger partial charge on any atom is -0.444 e. The van der Waals surface area contributed by atoms with E-state index in [4.69, 9.17) is 11.2 Å². The molecule has 0 N–H and O–H groups in total. The summed E-state index contributed by atoms with van der Waals surface area (Å²) in [5, 5.41) is 1.91. The minimum atomic E-state index is -4.26. The molecule has 1 amide bonds. The largest absolute Gasteiger partial charge is 0.444 e. The molecule has 3 aliphatic rings. The third-order valence-corrected chi connectivity index (χ3v) is 11.5.